The average Bonchev–Trinajstić information content (AvgIpc) is 2.33. The average molecular weight is 245 g/mol. The molecule has 0 saturated heterocycles. The molecule has 18 heavy (non-hydrogen) atoms. The summed E-state index contributed by atoms with van der Waals surface area (Å²) >= 11 is 0. The number of hydrogen-bond donors (Lipinski definition) is 2. The Bertz CT molecular complexity index is 420. The van der Waals surface area contributed by atoms with Crippen LogP contribution in [0.25, 0.3) is 0 Å². The fourth-order valence-electron chi connectivity index (χ4n) is 2.05. The summed E-state index contributed by atoms with van der Waals surface area (Å²) in [5.74, 6) is 0.722. The highest BCUT2D eigenvalue weighted by Gasteiger charge is 2.08. The van der Waals surface area contributed by atoms with E-state index in [4.69, 9.17) is 11.0 Å². The molecule has 2 unspecified atom stereocenters. The molecule has 0 radical (unpaired) electrons. The number of nitrogens with zero attached hydrogens (tertiary/aromatic N) is 1. The zero-order valence-corrected chi connectivity index (χ0v) is 11.5. The largest absolute Gasteiger partial charge is 0.398 e. The van der Waals surface area contributed by atoms with Crippen LogP contribution in [-0.2, 0) is 6.42 Å². The van der Waals surface area contributed by atoms with E-state index in [-0.39, 0.29) is 0 Å². The lowest BCUT2D eigenvalue weighted by Gasteiger charge is -2.19. The van der Waals surface area contributed by atoms with Gasteiger partial charge in [-0.1, -0.05) is 20.3 Å². The van der Waals surface area contributed by atoms with E-state index in [1.807, 2.05) is 18.2 Å². The van der Waals surface area contributed by atoms with E-state index >= 15 is 0 Å². The van der Waals surface area contributed by atoms with Gasteiger partial charge in [0.25, 0.3) is 0 Å². The molecule has 2 atom stereocenters. The molecule has 0 aliphatic carbocycles. The number of hydrogen-bond acceptors (Lipinski definition) is 3. The predicted molar refractivity (Wildman–Crippen MR) is 77.3 cm³/mol. The van der Waals surface area contributed by atoms with Crippen LogP contribution in [0, 0.1) is 17.2 Å². The highest BCUT2D eigenvalue weighted by atomic mass is 14.9. The Kier molecular flexibility index (Phi) is 5.51. The molecule has 0 aliphatic rings. The van der Waals surface area contributed by atoms with Crippen molar-refractivity contribution in [3.05, 3.63) is 23.8 Å². The van der Waals surface area contributed by atoms with E-state index < -0.39 is 0 Å². The molecule has 0 aromatic heterocycles. The third-order valence-corrected chi connectivity index (χ3v) is 3.28. The number of nitrogens with one attached hydrogen (secondary N) is 1. The van der Waals surface area contributed by atoms with Crippen LogP contribution in [0.3, 0.4) is 0 Å². The summed E-state index contributed by atoms with van der Waals surface area (Å²) in [6, 6.07) is 8.39. The van der Waals surface area contributed by atoms with Crippen molar-refractivity contribution >= 4 is 11.4 Å². The summed E-state index contributed by atoms with van der Waals surface area (Å²) < 4.78 is 0. The Morgan fingerprint density at radius 3 is 2.72 bits per heavy atom. The molecule has 0 heterocycles. The highest BCUT2D eigenvalue weighted by molar-refractivity contribution is 5.58. The monoisotopic (exact) mass is 245 g/mol. The van der Waals surface area contributed by atoms with Crippen molar-refractivity contribution in [2.45, 2.75) is 46.1 Å². The van der Waals surface area contributed by atoms with Crippen molar-refractivity contribution in [3.8, 4) is 6.07 Å². The first-order valence-electron chi connectivity index (χ1n) is 6.58. The van der Waals surface area contributed by atoms with Crippen molar-refractivity contribution < 1.29 is 0 Å². The summed E-state index contributed by atoms with van der Waals surface area (Å²) in [4.78, 5) is 0. The van der Waals surface area contributed by atoms with Crippen LogP contribution in [0.5, 0.6) is 0 Å². The number of nitriles is 1. The number of benzene rings is 1. The molecule has 0 bridgehead atoms. The molecule has 0 aliphatic heterocycles. The van der Waals surface area contributed by atoms with Gasteiger partial charge in [0.05, 0.1) is 12.5 Å². The second-order valence-corrected chi connectivity index (χ2v) is 5.04. The number of anilines is 2. The van der Waals surface area contributed by atoms with Crippen LogP contribution in [0.1, 0.15) is 39.2 Å². The van der Waals surface area contributed by atoms with Crippen molar-refractivity contribution in [2.75, 3.05) is 11.1 Å². The summed E-state index contributed by atoms with van der Waals surface area (Å²) in [6.45, 7) is 6.67. The van der Waals surface area contributed by atoms with Crippen LogP contribution in [0.4, 0.5) is 11.4 Å². The van der Waals surface area contributed by atoms with Gasteiger partial charge >= 0.3 is 0 Å². The van der Waals surface area contributed by atoms with Gasteiger partial charge in [-0.3, -0.25) is 0 Å². The number of rotatable bonds is 6. The van der Waals surface area contributed by atoms with Crippen LogP contribution in [-0.4, -0.2) is 6.04 Å². The van der Waals surface area contributed by atoms with Crippen LogP contribution in [0.2, 0.25) is 0 Å². The fraction of sp³-hybridized carbons (Fsp3) is 0.533. The molecule has 1 rings (SSSR count). The molecule has 3 heteroatoms. The fourth-order valence-corrected chi connectivity index (χ4v) is 2.05. The van der Waals surface area contributed by atoms with Crippen molar-refractivity contribution in [1.82, 2.24) is 0 Å². The highest BCUT2D eigenvalue weighted by Crippen LogP contribution is 2.20. The lowest BCUT2D eigenvalue weighted by Crippen LogP contribution is -2.18. The molecular formula is C15H23N3. The number of nitrogen functional groups attached to an aromatic ring is 1. The molecular weight excluding hydrogens is 222 g/mol. The van der Waals surface area contributed by atoms with Gasteiger partial charge in [0.1, 0.15) is 0 Å². The Morgan fingerprint density at radius 1 is 1.39 bits per heavy atom. The van der Waals surface area contributed by atoms with Crippen molar-refractivity contribution in [3.63, 3.8) is 0 Å². The minimum absolute atomic E-state index is 0.362. The first-order valence-corrected chi connectivity index (χ1v) is 6.58. The van der Waals surface area contributed by atoms with E-state index in [1.54, 1.807) is 0 Å². The summed E-state index contributed by atoms with van der Waals surface area (Å²) in [7, 11) is 0. The zero-order chi connectivity index (χ0) is 13.5. The third kappa shape index (κ3) is 4.29. The Labute approximate surface area is 110 Å². The summed E-state index contributed by atoms with van der Waals surface area (Å²) in [5, 5.41) is 12.2. The minimum atomic E-state index is 0.362. The van der Waals surface area contributed by atoms with Gasteiger partial charge in [0, 0.05) is 17.4 Å². The maximum Gasteiger partial charge on any atom is 0.0670 e. The van der Waals surface area contributed by atoms with Gasteiger partial charge in [0.15, 0.2) is 0 Å². The molecule has 1 aromatic rings. The third-order valence-electron chi connectivity index (χ3n) is 3.28. The first kappa shape index (κ1) is 14.4. The van der Waals surface area contributed by atoms with Gasteiger partial charge in [-0.2, -0.15) is 5.26 Å². The van der Waals surface area contributed by atoms with E-state index in [9.17, 15) is 0 Å². The van der Waals surface area contributed by atoms with Crippen molar-refractivity contribution in [1.29, 1.82) is 5.26 Å². The van der Waals surface area contributed by atoms with Crippen LogP contribution < -0.4 is 11.1 Å². The normalized spacial score (nSPS) is 13.7. The van der Waals surface area contributed by atoms with Gasteiger partial charge in [-0.15, -0.1) is 0 Å². The molecule has 3 nitrogen and oxygen atoms in total. The predicted octanol–water partition coefficient (Wildman–Crippen LogP) is 3.57. The molecule has 1 aromatic carbocycles. The molecule has 98 valence electrons. The number of nitrogens with two attached hydrogens (primary N) is 1. The van der Waals surface area contributed by atoms with E-state index in [2.05, 4.69) is 32.2 Å². The minimum Gasteiger partial charge on any atom is -0.398 e. The van der Waals surface area contributed by atoms with Gasteiger partial charge in [-0.25, -0.2) is 0 Å². The van der Waals surface area contributed by atoms with Crippen LogP contribution >= 0.6 is 0 Å². The maximum atomic E-state index is 8.74. The topological polar surface area (TPSA) is 61.8 Å². The maximum absolute atomic E-state index is 8.74. The SMILES string of the molecule is CCC(C)CC(C)Nc1ccc(N)c(CC#N)c1. The molecule has 0 saturated carbocycles. The Hall–Kier alpha value is -1.69. The second-order valence-electron chi connectivity index (χ2n) is 5.04. The molecule has 0 fully saturated rings. The van der Waals surface area contributed by atoms with E-state index in [1.165, 1.54) is 6.42 Å². The lowest BCUT2D eigenvalue weighted by atomic mass is 10.00. The van der Waals surface area contributed by atoms with Gasteiger partial charge in [-0.05, 0) is 43.0 Å². The summed E-state index contributed by atoms with van der Waals surface area (Å²) in [5.41, 5.74) is 8.47. The Morgan fingerprint density at radius 2 is 2.11 bits per heavy atom. The van der Waals surface area contributed by atoms with Crippen LogP contribution in [0.15, 0.2) is 18.2 Å². The van der Waals surface area contributed by atoms with Crippen molar-refractivity contribution in [2.24, 2.45) is 5.92 Å². The standard InChI is InChI=1S/C15H23N3/c1-4-11(2)9-12(3)18-14-5-6-15(17)13(10-14)7-8-16/h5-6,10-12,18H,4,7,9,17H2,1-3H3. The quantitative estimate of drug-likeness (QED) is 0.753. The smallest absolute Gasteiger partial charge is 0.0670 e. The molecule has 0 amide bonds. The van der Waals surface area contributed by atoms with E-state index in [0.717, 1.165) is 23.6 Å². The van der Waals surface area contributed by atoms with Gasteiger partial charge in [0.2, 0.25) is 0 Å². The molecule has 0 spiro atoms. The zero-order valence-electron chi connectivity index (χ0n) is 11.5. The van der Waals surface area contributed by atoms with E-state index in [0.29, 0.717) is 18.2 Å². The van der Waals surface area contributed by atoms with Gasteiger partial charge < -0.3 is 11.1 Å². The molecule has 3 N–H and O–H groups in total. The second kappa shape index (κ2) is 6.90. The Balaban J connectivity index is 2.67. The summed E-state index contributed by atoms with van der Waals surface area (Å²) in [6.07, 6.45) is 2.71. The lowest BCUT2D eigenvalue weighted by molar-refractivity contribution is 0.484. The first-order chi connectivity index (χ1) is 8.56.